The molecule has 0 radical (unpaired) electrons. The Morgan fingerprint density at radius 2 is 2.00 bits per heavy atom. The predicted molar refractivity (Wildman–Crippen MR) is 58.2 cm³/mol. The molecule has 7 nitrogen and oxygen atoms in total. The third kappa shape index (κ3) is 3.39. The zero-order valence-electron chi connectivity index (χ0n) is 9.52. The highest BCUT2D eigenvalue weighted by Gasteiger charge is 2.38. The number of rotatable bonds is 5. The molecule has 1 saturated heterocycles. The Labute approximate surface area is 98.9 Å². The van der Waals surface area contributed by atoms with Gasteiger partial charge in [-0.05, 0) is 12.8 Å². The summed E-state index contributed by atoms with van der Waals surface area (Å²) in [4.78, 5) is 22.3. The molecule has 0 bridgehead atoms. The Morgan fingerprint density at radius 1 is 1.41 bits per heavy atom. The SMILES string of the molecule is NCC1(C(=O)NC[C@H](O)C(=O)O)CCOCC1. The van der Waals surface area contributed by atoms with E-state index in [0.29, 0.717) is 26.1 Å². The molecule has 0 aromatic rings. The highest BCUT2D eigenvalue weighted by Crippen LogP contribution is 2.29. The smallest absolute Gasteiger partial charge is 0.334 e. The number of ether oxygens (including phenoxy) is 1. The maximum atomic E-state index is 11.9. The van der Waals surface area contributed by atoms with Crippen molar-refractivity contribution in [2.24, 2.45) is 11.1 Å². The number of aliphatic carboxylic acids is 1. The second-order valence-electron chi connectivity index (χ2n) is 4.16. The van der Waals surface area contributed by atoms with E-state index in [1.165, 1.54) is 0 Å². The lowest BCUT2D eigenvalue weighted by Crippen LogP contribution is -2.51. The molecule has 1 aliphatic heterocycles. The molecule has 1 rings (SSSR count). The maximum absolute atomic E-state index is 11.9. The average Bonchev–Trinajstić information content (AvgIpc) is 2.36. The third-order valence-corrected chi connectivity index (χ3v) is 3.06. The fraction of sp³-hybridized carbons (Fsp3) is 0.800. The maximum Gasteiger partial charge on any atom is 0.334 e. The van der Waals surface area contributed by atoms with Gasteiger partial charge in [0, 0.05) is 19.8 Å². The Hall–Kier alpha value is -1.18. The summed E-state index contributed by atoms with van der Waals surface area (Å²) in [5.41, 5.74) is 4.91. The number of hydrogen-bond acceptors (Lipinski definition) is 5. The Morgan fingerprint density at radius 3 is 2.47 bits per heavy atom. The molecule has 0 spiro atoms. The van der Waals surface area contributed by atoms with Gasteiger partial charge in [0.1, 0.15) is 0 Å². The number of carboxylic acid groups (broad SMARTS) is 1. The predicted octanol–water partition coefficient (Wildman–Crippen LogP) is -1.70. The van der Waals surface area contributed by atoms with Gasteiger partial charge >= 0.3 is 5.97 Å². The lowest BCUT2D eigenvalue weighted by atomic mass is 9.79. The second kappa shape index (κ2) is 5.95. The molecule has 1 fully saturated rings. The number of nitrogens with two attached hydrogens (primary N) is 1. The van der Waals surface area contributed by atoms with Crippen molar-refractivity contribution in [1.82, 2.24) is 5.32 Å². The number of hydrogen-bond donors (Lipinski definition) is 4. The first-order valence-electron chi connectivity index (χ1n) is 5.49. The fourth-order valence-electron chi connectivity index (χ4n) is 1.75. The molecule has 0 aromatic carbocycles. The normalized spacial score (nSPS) is 20.6. The van der Waals surface area contributed by atoms with Gasteiger partial charge in [-0.1, -0.05) is 0 Å². The van der Waals surface area contributed by atoms with Gasteiger partial charge < -0.3 is 26.0 Å². The molecule has 5 N–H and O–H groups in total. The Balaban J connectivity index is 2.52. The molecule has 0 aliphatic carbocycles. The number of carbonyl (C=O) groups excluding carboxylic acids is 1. The topological polar surface area (TPSA) is 122 Å². The van der Waals surface area contributed by atoms with Crippen LogP contribution in [0.1, 0.15) is 12.8 Å². The van der Waals surface area contributed by atoms with Crippen molar-refractivity contribution in [3.63, 3.8) is 0 Å². The van der Waals surface area contributed by atoms with E-state index in [-0.39, 0.29) is 19.0 Å². The fourth-order valence-corrected chi connectivity index (χ4v) is 1.75. The lowest BCUT2D eigenvalue weighted by Gasteiger charge is -2.34. The summed E-state index contributed by atoms with van der Waals surface area (Å²) in [6, 6.07) is 0. The van der Waals surface area contributed by atoms with Crippen molar-refractivity contribution in [2.75, 3.05) is 26.3 Å². The quantitative estimate of drug-likeness (QED) is 0.459. The number of amides is 1. The summed E-state index contributed by atoms with van der Waals surface area (Å²) in [7, 11) is 0. The average molecular weight is 246 g/mol. The van der Waals surface area contributed by atoms with Crippen molar-refractivity contribution in [2.45, 2.75) is 18.9 Å². The molecule has 17 heavy (non-hydrogen) atoms. The van der Waals surface area contributed by atoms with Crippen LogP contribution >= 0.6 is 0 Å². The van der Waals surface area contributed by atoms with Crippen LogP contribution in [0.3, 0.4) is 0 Å². The number of carbonyl (C=O) groups is 2. The van der Waals surface area contributed by atoms with E-state index in [0.717, 1.165) is 0 Å². The monoisotopic (exact) mass is 246 g/mol. The first-order valence-corrected chi connectivity index (χ1v) is 5.49. The first kappa shape index (κ1) is 13.9. The van der Waals surface area contributed by atoms with Crippen LogP contribution in [0.4, 0.5) is 0 Å². The molecular formula is C10H18N2O5. The van der Waals surface area contributed by atoms with E-state index in [2.05, 4.69) is 5.32 Å². The van der Waals surface area contributed by atoms with Gasteiger partial charge in [0.25, 0.3) is 0 Å². The van der Waals surface area contributed by atoms with Gasteiger partial charge in [0.15, 0.2) is 6.10 Å². The summed E-state index contributed by atoms with van der Waals surface area (Å²) in [5.74, 6) is -1.68. The van der Waals surface area contributed by atoms with Crippen molar-refractivity contribution in [1.29, 1.82) is 0 Å². The van der Waals surface area contributed by atoms with Crippen LogP contribution in [-0.4, -0.2) is 54.5 Å². The summed E-state index contributed by atoms with van der Waals surface area (Å²) in [5, 5.41) is 20.0. The van der Waals surface area contributed by atoms with Crippen molar-refractivity contribution in [3.8, 4) is 0 Å². The molecule has 0 unspecified atom stereocenters. The van der Waals surface area contributed by atoms with E-state index >= 15 is 0 Å². The molecular weight excluding hydrogens is 228 g/mol. The van der Waals surface area contributed by atoms with Crippen LogP contribution in [-0.2, 0) is 14.3 Å². The number of carboxylic acids is 1. The second-order valence-corrected chi connectivity index (χ2v) is 4.16. The van der Waals surface area contributed by atoms with Gasteiger partial charge in [-0.25, -0.2) is 4.79 Å². The number of nitrogens with one attached hydrogen (secondary N) is 1. The highest BCUT2D eigenvalue weighted by atomic mass is 16.5. The standard InChI is InChI=1S/C10H18N2O5/c11-6-10(1-3-17-4-2-10)9(16)12-5-7(13)8(14)15/h7,13H,1-6,11H2,(H,12,16)(H,14,15)/t7-/m0/s1. The lowest BCUT2D eigenvalue weighted by molar-refractivity contribution is -0.147. The first-order chi connectivity index (χ1) is 8.02. The van der Waals surface area contributed by atoms with Gasteiger partial charge in [0.05, 0.1) is 12.0 Å². The van der Waals surface area contributed by atoms with Crippen LogP contribution < -0.4 is 11.1 Å². The minimum atomic E-state index is -1.59. The van der Waals surface area contributed by atoms with Crippen LogP contribution in [0.5, 0.6) is 0 Å². The Kier molecular flexibility index (Phi) is 4.86. The molecule has 1 amide bonds. The van der Waals surface area contributed by atoms with E-state index in [1.54, 1.807) is 0 Å². The highest BCUT2D eigenvalue weighted by molar-refractivity contribution is 5.83. The molecule has 1 aliphatic rings. The molecule has 0 saturated carbocycles. The summed E-state index contributed by atoms with van der Waals surface area (Å²) < 4.78 is 5.16. The summed E-state index contributed by atoms with van der Waals surface area (Å²) in [6.45, 7) is 0.806. The third-order valence-electron chi connectivity index (χ3n) is 3.06. The van der Waals surface area contributed by atoms with Crippen LogP contribution in [0, 0.1) is 5.41 Å². The van der Waals surface area contributed by atoms with E-state index in [4.69, 9.17) is 20.7 Å². The van der Waals surface area contributed by atoms with Gasteiger partial charge in [-0.3, -0.25) is 4.79 Å². The molecule has 0 aromatic heterocycles. The zero-order chi connectivity index (χ0) is 12.9. The van der Waals surface area contributed by atoms with Crippen LogP contribution in [0.15, 0.2) is 0 Å². The largest absolute Gasteiger partial charge is 0.479 e. The minimum absolute atomic E-state index is 0.186. The molecule has 98 valence electrons. The summed E-state index contributed by atoms with van der Waals surface area (Å²) >= 11 is 0. The summed E-state index contributed by atoms with van der Waals surface area (Å²) in [6.07, 6.45) is -0.564. The van der Waals surface area contributed by atoms with Crippen LogP contribution in [0.25, 0.3) is 0 Å². The Bertz CT molecular complexity index is 288. The molecule has 1 atom stereocenters. The van der Waals surface area contributed by atoms with Gasteiger partial charge in [-0.15, -0.1) is 0 Å². The van der Waals surface area contributed by atoms with Crippen molar-refractivity contribution >= 4 is 11.9 Å². The van der Waals surface area contributed by atoms with E-state index in [1.807, 2.05) is 0 Å². The zero-order valence-corrected chi connectivity index (χ0v) is 9.52. The van der Waals surface area contributed by atoms with Gasteiger partial charge in [0.2, 0.25) is 5.91 Å². The van der Waals surface area contributed by atoms with Crippen molar-refractivity contribution in [3.05, 3.63) is 0 Å². The van der Waals surface area contributed by atoms with Crippen LogP contribution in [0.2, 0.25) is 0 Å². The molecule has 7 heteroatoms. The minimum Gasteiger partial charge on any atom is -0.479 e. The van der Waals surface area contributed by atoms with Gasteiger partial charge in [-0.2, -0.15) is 0 Å². The number of aliphatic hydroxyl groups is 1. The number of aliphatic hydroxyl groups excluding tert-OH is 1. The van der Waals surface area contributed by atoms with E-state index in [9.17, 15) is 9.59 Å². The molecule has 1 heterocycles. The van der Waals surface area contributed by atoms with Crippen molar-refractivity contribution < 1.29 is 24.5 Å². The van der Waals surface area contributed by atoms with E-state index < -0.39 is 17.5 Å².